The zero-order chi connectivity index (χ0) is 12.7. The quantitative estimate of drug-likeness (QED) is 0.628. The van der Waals surface area contributed by atoms with Crippen LogP contribution in [0.5, 0.6) is 5.75 Å². The topological polar surface area (TPSA) is 74.5 Å². The van der Waals surface area contributed by atoms with Crippen molar-refractivity contribution in [1.82, 2.24) is 5.43 Å². The van der Waals surface area contributed by atoms with Gasteiger partial charge >= 0.3 is 0 Å². The molecule has 0 unspecified atom stereocenters. The van der Waals surface area contributed by atoms with Gasteiger partial charge in [-0.05, 0) is 36.2 Å². The fourth-order valence-electron chi connectivity index (χ4n) is 1.21. The van der Waals surface area contributed by atoms with Crippen molar-refractivity contribution in [2.24, 2.45) is 5.10 Å². The summed E-state index contributed by atoms with van der Waals surface area (Å²) in [7, 11) is 1.60. The molecule has 0 radical (unpaired) electrons. The average molecular weight is 231 g/mol. The number of ether oxygens (including phenoxy) is 1. The number of nitrogens with one attached hydrogen (secondary N) is 1. The maximum absolute atomic E-state index is 11.0. The first-order chi connectivity index (χ1) is 8.17. The number of hydrogen-bond acceptors (Lipinski definition) is 4. The summed E-state index contributed by atoms with van der Waals surface area (Å²) in [5.74, 6) is 0.350. The maximum Gasteiger partial charge on any atom is 0.254 e. The smallest absolute Gasteiger partial charge is 0.254 e. The maximum atomic E-state index is 11.0. The van der Waals surface area contributed by atoms with Gasteiger partial charge in [-0.1, -0.05) is 0 Å². The first-order valence-corrected chi connectivity index (χ1v) is 5.01. The minimum absolute atomic E-state index is 0.196. The second-order valence-corrected chi connectivity index (χ2v) is 3.35. The number of carbonyl (C=O) groups excluding carboxylic acids is 1. The number of nitriles is 1. The van der Waals surface area contributed by atoms with Crippen LogP contribution < -0.4 is 10.2 Å². The lowest BCUT2D eigenvalue weighted by Gasteiger charge is -2.03. The van der Waals surface area contributed by atoms with Gasteiger partial charge in [0.2, 0.25) is 0 Å². The minimum Gasteiger partial charge on any atom is -0.497 e. The third-order valence-electron chi connectivity index (χ3n) is 2.11. The van der Waals surface area contributed by atoms with Crippen molar-refractivity contribution in [2.75, 3.05) is 7.11 Å². The third kappa shape index (κ3) is 3.95. The summed E-state index contributed by atoms with van der Waals surface area (Å²) < 4.78 is 5.07. The number of aryl methyl sites for hydroxylation is 1. The molecule has 1 aromatic carbocycles. The van der Waals surface area contributed by atoms with Gasteiger partial charge in [0.25, 0.3) is 5.91 Å². The molecule has 17 heavy (non-hydrogen) atoms. The Labute approximate surface area is 99.7 Å². The molecule has 0 aromatic heterocycles. The van der Waals surface area contributed by atoms with Crippen LogP contribution in [0.25, 0.3) is 0 Å². The van der Waals surface area contributed by atoms with E-state index in [1.165, 1.54) is 6.21 Å². The molecule has 1 rings (SSSR count). The largest absolute Gasteiger partial charge is 0.497 e. The predicted octanol–water partition coefficient (Wildman–Crippen LogP) is 1.37. The Kier molecular flexibility index (Phi) is 4.70. The van der Waals surface area contributed by atoms with Gasteiger partial charge in [-0.25, -0.2) is 5.43 Å². The van der Waals surface area contributed by atoms with Crippen molar-refractivity contribution in [2.45, 2.75) is 13.3 Å². The van der Waals surface area contributed by atoms with Gasteiger partial charge in [-0.15, -0.1) is 0 Å². The summed E-state index contributed by atoms with van der Waals surface area (Å²) in [4.78, 5) is 11.0. The summed E-state index contributed by atoms with van der Waals surface area (Å²) in [6, 6.07) is 7.27. The highest BCUT2D eigenvalue weighted by Crippen LogP contribution is 2.15. The Hall–Kier alpha value is -2.35. The van der Waals surface area contributed by atoms with Gasteiger partial charge in [0.15, 0.2) is 0 Å². The Bertz CT molecular complexity index is 475. The molecular formula is C12H13N3O2. The molecule has 0 aliphatic carbocycles. The lowest BCUT2D eigenvalue weighted by atomic mass is 10.1. The van der Waals surface area contributed by atoms with Gasteiger partial charge in [0, 0.05) is 0 Å². The SMILES string of the molecule is COc1ccc(/C=N\NC(=O)CC#N)c(C)c1. The molecule has 0 fully saturated rings. The Morgan fingerprint density at radius 3 is 3.00 bits per heavy atom. The Morgan fingerprint density at radius 1 is 1.65 bits per heavy atom. The van der Waals surface area contributed by atoms with Gasteiger partial charge in [-0.3, -0.25) is 4.79 Å². The Morgan fingerprint density at radius 2 is 2.41 bits per heavy atom. The first kappa shape index (κ1) is 12.7. The second-order valence-electron chi connectivity index (χ2n) is 3.35. The number of hydrazone groups is 1. The van der Waals surface area contributed by atoms with E-state index in [9.17, 15) is 4.79 Å². The van der Waals surface area contributed by atoms with E-state index in [-0.39, 0.29) is 6.42 Å². The highest BCUT2D eigenvalue weighted by atomic mass is 16.5. The molecular weight excluding hydrogens is 218 g/mol. The first-order valence-electron chi connectivity index (χ1n) is 5.01. The molecule has 0 aliphatic heterocycles. The van der Waals surface area contributed by atoms with Crippen LogP contribution in [0.1, 0.15) is 17.5 Å². The van der Waals surface area contributed by atoms with Gasteiger partial charge < -0.3 is 4.74 Å². The summed E-state index contributed by atoms with van der Waals surface area (Å²) in [6.07, 6.45) is 1.34. The molecule has 0 saturated carbocycles. The summed E-state index contributed by atoms with van der Waals surface area (Å²) in [6.45, 7) is 1.92. The molecule has 0 spiro atoms. The predicted molar refractivity (Wildman–Crippen MR) is 63.7 cm³/mol. The molecule has 0 atom stereocenters. The van der Waals surface area contributed by atoms with Crippen LogP contribution in [0.15, 0.2) is 23.3 Å². The molecule has 0 heterocycles. The molecule has 88 valence electrons. The highest BCUT2D eigenvalue weighted by molar-refractivity contribution is 5.84. The van der Waals surface area contributed by atoms with E-state index in [1.54, 1.807) is 13.2 Å². The number of carbonyl (C=O) groups is 1. The van der Waals surface area contributed by atoms with Crippen molar-refractivity contribution in [3.8, 4) is 11.8 Å². The molecule has 0 saturated heterocycles. The average Bonchev–Trinajstić information content (AvgIpc) is 2.31. The lowest BCUT2D eigenvalue weighted by Crippen LogP contribution is -2.16. The monoisotopic (exact) mass is 231 g/mol. The van der Waals surface area contributed by atoms with Crippen molar-refractivity contribution in [1.29, 1.82) is 5.26 Å². The normalized spacial score (nSPS) is 9.94. The van der Waals surface area contributed by atoms with Crippen LogP contribution in [0, 0.1) is 18.3 Å². The molecule has 0 aliphatic rings. The van der Waals surface area contributed by atoms with Gasteiger partial charge in [0.05, 0.1) is 19.4 Å². The highest BCUT2D eigenvalue weighted by Gasteiger charge is 1.99. The number of methoxy groups -OCH3 is 1. The van der Waals surface area contributed by atoms with Crippen LogP contribution in [0.4, 0.5) is 0 Å². The van der Waals surface area contributed by atoms with Crippen LogP contribution >= 0.6 is 0 Å². The van der Waals surface area contributed by atoms with Crippen LogP contribution in [-0.2, 0) is 4.79 Å². The van der Waals surface area contributed by atoms with Crippen molar-refractivity contribution < 1.29 is 9.53 Å². The number of rotatable bonds is 4. The van der Waals surface area contributed by atoms with Crippen molar-refractivity contribution in [3.05, 3.63) is 29.3 Å². The molecule has 1 amide bonds. The molecule has 1 N–H and O–H groups in total. The standard InChI is InChI=1S/C12H13N3O2/c1-9-7-11(17-2)4-3-10(9)8-14-15-12(16)5-6-13/h3-4,7-8H,5H2,1-2H3,(H,15,16)/b14-8-. The van der Waals surface area contributed by atoms with E-state index >= 15 is 0 Å². The Balaban J connectivity index is 2.66. The second kappa shape index (κ2) is 6.28. The number of hydrogen-bond donors (Lipinski definition) is 1. The third-order valence-corrected chi connectivity index (χ3v) is 2.11. The van der Waals surface area contributed by atoms with Crippen molar-refractivity contribution in [3.63, 3.8) is 0 Å². The van der Waals surface area contributed by atoms with E-state index in [0.717, 1.165) is 16.9 Å². The van der Waals surface area contributed by atoms with E-state index in [2.05, 4.69) is 10.5 Å². The summed E-state index contributed by atoms with van der Waals surface area (Å²) in [5.41, 5.74) is 4.13. The lowest BCUT2D eigenvalue weighted by molar-refractivity contribution is -0.120. The molecule has 1 aromatic rings. The number of amides is 1. The minimum atomic E-state index is -0.421. The van der Waals surface area contributed by atoms with E-state index in [0.29, 0.717) is 0 Å². The van der Waals surface area contributed by atoms with Gasteiger partial charge in [0.1, 0.15) is 12.2 Å². The van der Waals surface area contributed by atoms with Crippen molar-refractivity contribution >= 4 is 12.1 Å². The zero-order valence-corrected chi connectivity index (χ0v) is 9.73. The van der Waals surface area contributed by atoms with E-state index in [4.69, 9.17) is 10.00 Å². The fourth-order valence-corrected chi connectivity index (χ4v) is 1.21. The fraction of sp³-hybridized carbons (Fsp3) is 0.250. The van der Waals surface area contributed by atoms with Crippen LogP contribution in [0.3, 0.4) is 0 Å². The molecule has 5 nitrogen and oxygen atoms in total. The van der Waals surface area contributed by atoms with Gasteiger partial charge in [-0.2, -0.15) is 10.4 Å². The number of benzene rings is 1. The zero-order valence-electron chi connectivity index (χ0n) is 9.73. The van der Waals surface area contributed by atoms with Crippen LogP contribution in [0.2, 0.25) is 0 Å². The number of nitrogens with zero attached hydrogens (tertiary/aromatic N) is 2. The van der Waals surface area contributed by atoms with E-state index < -0.39 is 5.91 Å². The van der Waals surface area contributed by atoms with E-state index in [1.807, 2.05) is 25.1 Å². The summed E-state index contributed by atoms with van der Waals surface area (Å²) in [5, 5.41) is 12.0. The summed E-state index contributed by atoms with van der Waals surface area (Å²) >= 11 is 0. The van der Waals surface area contributed by atoms with Crippen LogP contribution in [-0.4, -0.2) is 19.2 Å². The molecule has 0 bridgehead atoms. The molecule has 5 heteroatoms.